The minimum atomic E-state index is -0.813. The number of thiazole rings is 2. The lowest BCUT2D eigenvalue weighted by Gasteiger charge is -2.26. The number of carbonyl (C=O) groups excluding carboxylic acids is 2. The number of methoxy groups -OCH3 is 4. The number of ether oxygens (including phenoxy) is 5. The summed E-state index contributed by atoms with van der Waals surface area (Å²) >= 11 is 2.63. The third-order valence-corrected chi connectivity index (χ3v) is 8.89. The van der Waals surface area contributed by atoms with Gasteiger partial charge in [0.25, 0.3) is 11.8 Å². The summed E-state index contributed by atoms with van der Waals surface area (Å²) < 4.78 is 27.9. The highest BCUT2D eigenvalue weighted by Crippen LogP contribution is 2.38. The van der Waals surface area contributed by atoms with Gasteiger partial charge < -0.3 is 28.5 Å². The molecule has 2 atom stereocenters. The van der Waals surface area contributed by atoms with Crippen LogP contribution in [0.2, 0.25) is 0 Å². The molecule has 2 aromatic carbocycles. The summed E-state index contributed by atoms with van der Waals surface area (Å²) in [6.07, 6.45) is 7.20. The molecule has 1 N–H and O–H groups in total. The summed E-state index contributed by atoms with van der Waals surface area (Å²) in [5.74, 6) is 1.82. The zero-order valence-electron chi connectivity index (χ0n) is 27.8. The van der Waals surface area contributed by atoms with Gasteiger partial charge >= 0.3 is 0 Å². The normalized spacial score (nSPS) is 12.0. The molecule has 0 fully saturated rings. The van der Waals surface area contributed by atoms with Crippen molar-refractivity contribution in [3.63, 3.8) is 0 Å². The van der Waals surface area contributed by atoms with Crippen molar-refractivity contribution in [2.75, 3.05) is 38.8 Å². The molecule has 2 unspecified atom stereocenters. The van der Waals surface area contributed by atoms with Gasteiger partial charge in [0.05, 0.1) is 28.4 Å². The molecule has 0 saturated carbocycles. The maximum absolute atomic E-state index is 14.2. The second kappa shape index (κ2) is 18.7. The molecule has 2 amide bonds. The van der Waals surface area contributed by atoms with E-state index in [4.69, 9.17) is 28.5 Å². The van der Waals surface area contributed by atoms with Crippen LogP contribution in [-0.2, 0) is 9.59 Å². The zero-order valence-corrected chi connectivity index (χ0v) is 29.4. The number of anilines is 2. The van der Waals surface area contributed by atoms with Crippen LogP contribution in [0.15, 0.2) is 59.6 Å². The van der Waals surface area contributed by atoms with E-state index in [1.54, 1.807) is 73.8 Å². The van der Waals surface area contributed by atoms with Gasteiger partial charge in [0.2, 0.25) is 16.6 Å². The largest absolute Gasteiger partial charge is 0.493 e. The first-order chi connectivity index (χ1) is 23.4. The van der Waals surface area contributed by atoms with E-state index in [-0.39, 0.29) is 17.7 Å². The molecule has 0 radical (unpaired) electrons. The highest BCUT2D eigenvalue weighted by atomic mass is 32.1. The van der Waals surface area contributed by atoms with Gasteiger partial charge in [-0.25, -0.2) is 9.97 Å². The summed E-state index contributed by atoms with van der Waals surface area (Å²) in [5, 5.41) is 8.58. The minimum Gasteiger partial charge on any atom is -0.493 e. The van der Waals surface area contributed by atoms with Crippen LogP contribution in [0.4, 0.5) is 10.3 Å². The molecule has 0 aliphatic heterocycles. The number of benzene rings is 2. The lowest BCUT2D eigenvalue weighted by molar-refractivity contribution is -0.127. The molecule has 0 saturated heterocycles. The first kappa shape index (κ1) is 36.3. The van der Waals surface area contributed by atoms with E-state index in [2.05, 4.69) is 22.2 Å². The molecular formula is C34H42N4O8S2. The van der Waals surface area contributed by atoms with Crippen LogP contribution in [0, 0.1) is 5.92 Å². The molecule has 48 heavy (non-hydrogen) atoms. The van der Waals surface area contributed by atoms with Gasteiger partial charge in [-0.1, -0.05) is 32.3 Å². The third-order valence-electron chi connectivity index (χ3n) is 7.46. The highest BCUT2D eigenvalue weighted by Gasteiger charge is 2.30. The average molecular weight is 699 g/mol. The molecule has 258 valence electrons. The Morgan fingerprint density at radius 1 is 0.812 bits per heavy atom. The van der Waals surface area contributed by atoms with Crippen molar-refractivity contribution in [2.45, 2.75) is 58.0 Å². The monoisotopic (exact) mass is 698 g/mol. The van der Waals surface area contributed by atoms with E-state index in [0.29, 0.717) is 76.9 Å². The number of hydrogen-bond donors (Lipinski definition) is 1. The molecule has 2 heterocycles. The minimum absolute atomic E-state index is 0.206. The average Bonchev–Trinajstić information content (AvgIpc) is 3.84. The number of hydroxylamine groups is 1. The number of para-hydroxylation sites is 1. The molecule has 14 heteroatoms. The Morgan fingerprint density at radius 2 is 1.52 bits per heavy atom. The number of amides is 2. The van der Waals surface area contributed by atoms with Crippen LogP contribution in [0.5, 0.6) is 34.5 Å². The number of unbranched alkanes of at least 4 members (excludes halogenated alkanes) is 2. The Bertz CT molecular complexity index is 1570. The summed E-state index contributed by atoms with van der Waals surface area (Å²) in [7, 11) is 6.15. The van der Waals surface area contributed by atoms with E-state index in [1.807, 2.05) is 0 Å². The van der Waals surface area contributed by atoms with Crippen LogP contribution in [0.1, 0.15) is 51.9 Å². The molecular weight excluding hydrogens is 657 g/mol. The van der Waals surface area contributed by atoms with Crippen molar-refractivity contribution < 1.29 is 38.1 Å². The van der Waals surface area contributed by atoms with Gasteiger partial charge in [0.1, 0.15) is 5.75 Å². The summed E-state index contributed by atoms with van der Waals surface area (Å²) in [5.41, 5.74) is 0. The van der Waals surface area contributed by atoms with Crippen LogP contribution in [-0.4, -0.2) is 56.3 Å². The maximum atomic E-state index is 14.2. The topological polar surface area (TPSA) is 131 Å². The molecule has 0 aliphatic rings. The fourth-order valence-electron chi connectivity index (χ4n) is 5.02. The quantitative estimate of drug-likeness (QED) is 0.0735. The summed E-state index contributed by atoms with van der Waals surface area (Å²) in [4.78, 5) is 42.2. The molecule has 2 aromatic heterocycles. The fraction of sp³-hybridized carbons (Fsp3) is 0.412. The van der Waals surface area contributed by atoms with Crippen molar-refractivity contribution in [3.8, 4) is 34.5 Å². The van der Waals surface area contributed by atoms with Gasteiger partial charge in [-0.05, 0) is 49.9 Å². The lowest BCUT2D eigenvalue weighted by atomic mass is 9.94. The lowest BCUT2D eigenvalue weighted by Crippen LogP contribution is -2.39. The summed E-state index contributed by atoms with van der Waals surface area (Å²) in [6, 6.07) is 10.4. The first-order valence-corrected chi connectivity index (χ1v) is 17.4. The Labute approximate surface area is 288 Å². The predicted molar refractivity (Wildman–Crippen MR) is 186 cm³/mol. The number of nitrogens with one attached hydrogen (secondary N) is 1. The van der Waals surface area contributed by atoms with Crippen molar-refractivity contribution in [2.24, 2.45) is 5.92 Å². The second-order valence-corrected chi connectivity index (χ2v) is 12.4. The first-order valence-electron chi connectivity index (χ1n) is 15.6. The number of nitrogens with zero attached hydrogens (tertiary/aromatic N) is 3. The van der Waals surface area contributed by atoms with E-state index < -0.39 is 6.10 Å². The molecule has 0 bridgehead atoms. The van der Waals surface area contributed by atoms with Gasteiger partial charge in [-0.2, -0.15) is 0 Å². The summed E-state index contributed by atoms with van der Waals surface area (Å²) in [6.45, 7) is 2.09. The predicted octanol–water partition coefficient (Wildman–Crippen LogP) is 7.41. The van der Waals surface area contributed by atoms with Gasteiger partial charge in [-0.3, -0.25) is 14.9 Å². The highest BCUT2D eigenvalue weighted by molar-refractivity contribution is 7.14. The Kier molecular flexibility index (Phi) is 14.1. The molecule has 12 nitrogen and oxygen atoms in total. The number of hydrogen-bond acceptors (Lipinski definition) is 12. The number of rotatable bonds is 20. The van der Waals surface area contributed by atoms with E-state index >= 15 is 0 Å². The molecule has 0 aliphatic carbocycles. The Hall–Kier alpha value is -4.56. The van der Waals surface area contributed by atoms with Crippen LogP contribution in [0.25, 0.3) is 0 Å². The standard InChI is InChI=1S/C34H42N4O8S2/c1-6-7-11-23(32(40)38(34-36-19-21-48-34)46-27-15-10-14-26(42-3)30(27)44-5)12-8-9-13-28(31(39)37-33-35-18-20-47-33)45-24-16-17-25(41-2)29(22-24)43-4/h10,14-23,28H,6-9,11-13H2,1-5H3,(H,35,37,39). The molecule has 4 rings (SSSR count). The number of aromatic nitrogens is 2. The third kappa shape index (κ3) is 9.73. The van der Waals surface area contributed by atoms with Crippen LogP contribution in [0.3, 0.4) is 0 Å². The zero-order chi connectivity index (χ0) is 34.3. The van der Waals surface area contributed by atoms with Gasteiger partial charge in [0.15, 0.2) is 28.5 Å². The molecule has 4 aromatic rings. The van der Waals surface area contributed by atoms with Crippen molar-refractivity contribution >= 4 is 44.8 Å². The second-order valence-electron chi connectivity index (χ2n) is 10.6. The SMILES string of the molecule is CCCCC(CCCCC(Oc1ccc(OC)c(OC)c1)C(=O)Nc1nccs1)C(=O)N(Oc1cccc(OC)c1OC)c1nccs1. The smallest absolute Gasteiger partial charge is 0.267 e. The van der Waals surface area contributed by atoms with E-state index in [9.17, 15) is 9.59 Å². The fourth-order valence-corrected chi connectivity index (χ4v) is 6.14. The maximum Gasteiger partial charge on any atom is 0.267 e. The Morgan fingerprint density at radius 3 is 2.19 bits per heavy atom. The molecule has 0 spiro atoms. The van der Waals surface area contributed by atoms with Crippen molar-refractivity contribution in [1.82, 2.24) is 9.97 Å². The van der Waals surface area contributed by atoms with Crippen molar-refractivity contribution in [3.05, 3.63) is 59.6 Å². The van der Waals surface area contributed by atoms with E-state index in [0.717, 1.165) is 12.8 Å². The van der Waals surface area contributed by atoms with Crippen LogP contribution < -0.4 is 38.9 Å². The Balaban J connectivity index is 1.48. The van der Waals surface area contributed by atoms with Crippen molar-refractivity contribution in [1.29, 1.82) is 0 Å². The van der Waals surface area contributed by atoms with Crippen LogP contribution >= 0.6 is 22.7 Å². The van der Waals surface area contributed by atoms with E-state index in [1.165, 1.54) is 42.0 Å². The van der Waals surface area contributed by atoms with Gasteiger partial charge in [0, 0.05) is 35.1 Å². The van der Waals surface area contributed by atoms with Gasteiger partial charge in [-0.15, -0.1) is 27.7 Å². The number of carbonyl (C=O) groups is 2.